The Kier molecular flexibility index (Phi) is 7.83. The molecular formula is C28H30N2O6S. The summed E-state index contributed by atoms with van der Waals surface area (Å²) in [7, 11) is 3.13. The largest absolute Gasteiger partial charge is 0.494 e. The number of hydrogen-bond donors (Lipinski definition) is 0. The molecule has 0 saturated heterocycles. The second-order valence-electron chi connectivity index (χ2n) is 8.65. The molecule has 2 heterocycles. The van der Waals surface area contributed by atoms with Crippen LogP contribution in [-0.2, 0) is 9.53 Å². The molecular weight excluding hydrogens is 492 g/mol. The van der Waals surface area contributed by atoms with Crippen LogP contribution in [0.1, 0.15) is 44.9 Å². The Balaban J connectivity index is 1.89. The number of fused-ring (bicyclic) bond motifs is 1. The van der Waals surface area contributed by atoms with Crippen molar-refractivity contribution < 1.29 is 23.7 Å². The Morgan fingerprint density at radius 1 is 1.11 bits per heavy atom. The lowest BCUT2D eigenvalue weighted by atomic mass is 9.96. The predicted molar refractivity (Wildman–Crippen MR) is 142 cm³/mol. The standard InChI is InChI=1S/C28H30N2O6S/c1-7-35-20-11-9-19(10-12-20)25-24(27(32)36-16(2)3)17(4)29-28-30(25)26(31)23(37-28)15-18-8-13-21(33-5)22(14-18)34-6/h8-16,25H,7H2,1-6H3/b23-15+/t25-/m1/s1. The molecule has 0 unspecified atom stereocenters. The first kappa shape index (κ1) is 26.2. The average Bonchev–Trinajstić information content (AvgIpc) is 3.17. The van der Waals surface area contributed by atoms with E-state index >= 15 is 0 Å². The van der Waals surface area contributed by atoms with Gasteiger partial charge in [-0.15, -0.1) is 0 Å². The lowest BCUT2D eigenvalue weighted by Gasteiger charge is -2.25. The summed E-state index contributed by atoms with van der Waals surface area (Å²) >= 11 is 1.27. The SMILES string of the molecule is CCOc1ccc([C@@H]2C(C(=O)OC(C)C)=C(C)N=c3s/c(=C/c4ccc(OC)c(OC)c4)c(=O)n32)cc1. The van der Waals surface area contributed by atoms with E-state index in [1.165, 1.54) is 11.3 Å². The monoisotopic (exact) mass is 522 g/mol. The van der Waals surface area contributed by atoms with Gasteiger partial charge in [0.1, 0.15) is 5.75 Å². The van der Waals surface area contributed by atoms with Crippen molar-refractivity contribution in [2.75, 3.05) is 20.8 Å². The van der Waals surface area contributed by atoms with Crippen molar-refractivity contribution in [3.8, 4) is 17.2 Å². The molecule has 0 aliphatic carbocycles. The predicted octanol–water partition coefficient (Wildman–Crippen LogP) is 3.60. The summed E-state index contributed by atoms with van der Waals surface area (Å²) in [5.74, 6) is 1.37. The third-order valence-electron chi connectivity index (χ3n) is 5.80. The second-order valence-corrected chi connectivity index (χ2v) is 9.66. The number of allylic oxidation sites excluding steroid dienone is 1. The summed E-state index contributed by atoms with van der Waals surface area (Å²) in [5.41, 5.74) is 2.13. The Hall–Kier alpha value is -3.85. The molecule has 1 aliphatic heterocycles. The van der Waals surface area contributed by atoms with Crippen LogP contribution in [0.3, 0.4) is 0 Å². The van der Waals surface area contributed by atoms with Crippen molar-refractivity contribution in [3.63, 3.8) is 0 Å². The molecule has 0 saturated carbocycles. The maximum Gasteiger partial charge on any atom is 0.338 e. The number of aromatic nitrogens is 1. The molecule has 194 valence electrons. The number of rotatable bonds is 8. The van der Waals surface area contributed by atoms with Gasteiger partial charge in [0.05, 0.1) is 48.8 Å². The van der Waals surface area contributed by atoms with E-state index in [1.54, 1.807) is 57.8 Å². The fourth-order valence-electron chi connectivity index (χ4n) is 4.18. The van der Waals surface area contributed by atoms with Gasteiger partial charge in [0.15, 0.2) is 16.3 Å². The van der Waals surface area contributed by atoms with E-state index in [-0.39, 0.29) is 11.7 Å². The summed E-state index contributed by atoms with van der Waals surface area (Å²) in [5, 5.41) is 0. The summed E-state index contributed by atoms with van der Waals surface area (Å²) in [6.07, 6.45) is 1.47. The topological polar surface area (TPSA) is 88.4 Å². The van der Waals surface area contributed by atoms with Gasteiger partial charge in [-0.3, -0.25) is 9.36 Å². The summed E-state index contributed by atoms with van der Waals surface area (Å²) in [6.45, 7) is 7.80. The number of nitrogens with zero attached hydrogens (tertiary/aromatic N) is 2. The number of methoxy groups -OCH3 is 2. The molecule has 37 heavy (non-hydrogen) atoms. The smallest absolute Gasteiger partial charge is 0.338 e. The Labute approximate surface area is 219 Å². The molecule has 0 N–H and O–H groups in total. The third kappa shape index (κ3) is 5.32. The molecule has 0 radical (unpaired) electrons. The van der Waals surface area contributed by atoms with Gasteiger partial charge < -0.3 is 18.9 Å². The second kappa shape index (κ2) is 11.0. The van der Waals surface area contributed by atoms with Crippen LogP contribution in [0.4, 0.5) is 0 Å². The zero-order valence-corrected chi connectivity index (χ0v) is 22.5. The number of benzene rings is 2. The number of esters is 1. The molecule has 0 amide bonds. The van der Waals surface area contributed by atoms with E-state index in [2.05, 4.69) is 4.99 Å². The van der Waals surface area contributed by atoms with Crippen LogP contribution in [0.15, 0.2) is 63.5 Å². The maximum absolute atomic E-state index is 13.8. The zero-order valence-electron chi connectivity index (χ0n) is 21.7. The van der Waals surface area contributed by atoms with E-state index in [0.29, 0.717) is 44.5 Å². The van der Waals surface area contributed by atoms with Crippen LogP contribution in [0, 0.1) is 0 Å². The van der Waals surface area contributed by atoms with Crippen LogP contribution >= 0.6 is 11.3 Å². The van der Waals surface area contributed by atoms with E-state index < -0.39 is 12.0 Å². The van der Waals surface area contributed by atoms with Gasteiger partial charge in [-0.05, 0) is 69.2 Å². The highest BCUT2D eigenvalue weighted by Crippen LogP contribution is 2.32. The summed E-state index contributed by atoms with van der Waals surface area (Å²) in [6, 6.07) is 12.1. The van der Waals surface area contributed by atoms with Gasteiger partial charge in [-0.2, -0.15) is 0 Å². The highest BCUT2D eigenvalue weighted by atomic mass is 32.1. The number of carbonyl (C=O) groups excluding carboxylic acids is 1. The van der Waals surface area contributed by atoms with Crippen molar-refractivity contribution in [2.45, 2.75) is 39.8 Å². The fraction of sp³-hybridized carbons (Fsp3) is 0.321. The minimum atomic E-state index is -0.689. The molecule has 8 nitrogen and oxygen atoms in total. The highest BCUT2D eigenvalue weighted by molar-refractivity contribution is 7.07. The zero-order chi connectivity index (χ0) is 26.7. The number of hydrogen-bond acceptors (Lipinski definition) is 8. The molecule has 1 aliphatic rings. The minimum Gasteiger partial charge on any atom is -0.494 e. The van der Waals surface area contributed by atoms with Gasteiger partial charge >= 0.3 is 5.97 Å². The summed E-state index contributed by atoms with van der Waals surface area (Å²) < 4.78 is 23.9. The van der Waals surface area contributed by atoms with Crippen LogP contribution in [0.5, 0.6) is 17.2 Å². The maximum atomic E-state index is 13.8. The Morgan fingerprint density at radius 2 is 1.81 bits per heavy atom. The number of carbonyl (C=O) groups is 1. The Bertz CT molecular complexity index is 1520. The first-order valence-corrected chi connectivity index (χ1v) is 12.8. The molecule has 0 spiro atoms. The van der Waals surface area contributed by atoms with Gasteiger partial charge in [-0.25, -0.2) is 9.79 Å². The van der Waals surface area contributed by atoms with E-state index in [4.69, 9.17) is 18.9 Å². The molecule has 1 aromatic heterocycles. The Morgan fingerprint density at radius 3 is 2.43 bits per heavy atom. The molecule has 0 fully saturated rings. The van der Waals surface area contributed by atoms with Crippen molar-refractivity contribution in [1.82, 2.24) is 4.57 Å². The third-order valence-corrected chi connectivity index (χ3v) is 6.78. The molecule has 9 heteroatoms. The van der Waals surface area contributed by atoms with Crippen molar-refractivity contribution in [2.24, 2.45) is 4.99 Å². The highest BCUT2D eigenvalue weighted by Gasteiger charge is 2.33. The first-order chi connectivity index (χ1) is 17.8. The van der Waals surface area contributed by atoms with Gasteiger partial charge in [-0.1, -0.05) is 29.5 Å². The average molecular weight is 523 g/mol. The van der Waals surface area contributed by atoms with Crippen molar-refractivity contribution >= 4 is 23.4 Å². The molecule has 2 aromatic carbocycles. The molecule has 3 aromatic rings. The van der Waals surface area contributed by atoms with Crippen LogP contribution < -0.4 is 29.1 Å². The number of thiazole rings is 1. The van der Waals surface area contributed by atoms with E-state index in [9.17, 15) is 9.59 Å². The minimum absolute atomic E-state index is 0.250. The summed E-state index contributed by atoms with van der Waals surface area (Å²) in [4.78, 5) is 32.1. The van der Waals surface area contributed by atoms with E-state index in [0.717, 1.165) is 11.1 Å². The quantitative estimate of drug-likeness (QED) is 0.420. The van der Waals surface area contributed by atoms with Crippen molar-refractivity contribution in [3.05, 3.63) is 84.5 Å². The normalized spacial score (nSPS) is 15.3. The molecule has 0 bridgehead atoms. The lowest BCUT2D eigenvalue weighted by Crippen LogP contribution is -2.40. The molecule has 1 atom stereocenters. The van der Waals surface area contributed by atoms with Gasteiger partial charge in [0.2, 0.25) is 0 Å². The molecule has 4 rings (SSSR count). The van der Waals surface area contributed by atoms with Crippen LogP contribution in [-0.4, -0.2) is 37.5 Å². The van der Waals surface area contributed by atoms with E-state index in [1.807, 2.05) is 37.3 Å². The fourth-order valence-corrected chi connectivity index (χ4v) is 5.23. The van der Waals surface area contributed by atoms with Crippen LogP contribution in [0.25, 0.3) is 6.08 Å². The van der Waals surface area contributed by atoms with Gasteiger partial charge in [0.25, 0.3) is 5.56 Å². The van der Waals surface area contributed by atoms with Gasteiger partial charge in [0, 0.05) is 0 Å². The van der Waals surface area contributed by atoms with Crippen molar-refractivity contribution in [1.29, 1.82) is 0 Å². The first-order valence-electron chi connectivity index (χ1n) is 12.0. The lowest BCUT2D eigenvalue weighted by molar-refractivity contribution is -0.143. The van der Waals surface area contributed by atoms with Crippen LogP contribution in [0.2, 0.25) is 0 Å². The number of ether oxygens (including phenoxy) is 4.